The third-order valence-corrected chi connectivity index (χ3v) is 4.28. The zero-order chi connectivity index (χ0) is 13.3. The molecule has 5 atom stereocenters. The second-order valence-corrected chi connectivity index (χ2v) is 6.36. The lowest BCUT2D eigenvalue weighted by Crippen LogP contribution is -2.64. The van der Waals surface area contributed by atoms with Gasteiger partial charge in [-0.2, -0.15) is 0 Å². The van der Waals surface area contributed by atoms with Gasteiger partial charge in [-0.15, -0.1) is 11.8 Å². The molecule has 6 heteroatoms. The minimum Gasteiger partial charge on any atom is -0.387 e. The van der Waals surface area contributed by atoms with Gasteiger partial charge in [0.15, 0.2) is 5.79 Å². The van der Waals surface area contributed by atoms with Crippen molar-refractivity contribution in [2.24, 2.45) is 0 Å². The standard InChI is InChI=1S/C12H22O5S/c1-5-18-11-8(13)10(14-4)9-7(16-11)6-15-12(2,3)17-9/h7-11,13H,5-6H2,1-4H3/t7?,8?,9-,10?,11+/m1/s1. The summed E-state index contributed by atoms with van der Waals surface area (Å²) < 4.78 is 22.7. The molecule has 0 bridgehead atoms. The number of aliphatic hydroxyl groups is 1. The summed E-state index contributed by atoms with van der Waals surface area (Å²) in [6, 6.07) is 0. The highest BCUT2D eigenvalue weighted by Crippen LogP contribution is 2.36. The Morgan fingerprint density at radius 1 is 1.44 bits per heavy atom. The van der Waals surface area contributed by atoms with Crippen LogP contribution >= 0.6 is 11.8 Å². The van der Waals surface area contributed by atoms with E-state index in [2.05, 4.69) is 0 Å². The Hall–Kier alpha value is 0.150. The predicted octanol–water partition coefficient (Wildman–Crippen LogP) is 0.992. The summed E-state index contributed by atoms with van der Waals surface area (Å²) in [6.45, 7) is 6.21. The second-order valence-electron chi connectivity index (χ2n) is 4.98. The topological polar surface area (TPSA) is 57.2 Å². The fourth-order valence-electron chi connectivity index (χ4n) is 2.39. The number of thioether (sulfide) groups is 1. The number of ether oxygens (including phenoxy) is 4. The molecule has 2 fully saturated rings. The SMILES string of the molecule is CCS[C@@H]1OC2COC(C)(C)O[C@H]2C(OC)C1O. The van der Waals surface area contributed by atoms with Gasteiger partial charge in [-0.25, -0.2) is 0 Å². The van der Waals surface area contributed by atoms with Crippen LogP contribution in [0.1, 0.15) is 20.8 Å². The van der Waals surface area contributed by atoms with Crippen LogP contribution in [-0.2, 0) is 18.9 Å². The van der Waals surface area contributed by atoms with E-state index in [1.807, 2.05) is 20.8 Å². The van der Waals surface area contributed by atoms with Gasteiger partial charge in [-0.1, -0.05) is 6.92 Å². The number of methoxy groups -OCH3 is 1. The van der Waals surface area contributed by atoms with Gasteiger partial charge in [0.05, 0.1) is 6.61 Å². The van der Waals surface area contributed by atoms with Crippen molar-refractivity contribution in [1.82, 2.24) is 0 Å². The molecule has 0 aromatic heterocycles. The first-order valence-corrected chi connectivity index (χ1v) is 7.33. The third-order valence-electron chi connectivity index (χ3n) is 3.23. The highest BCUT2D eigenvalue weighted by molar-refractivity contribution is 7.99. The number of hydrogen-bond acceptors (Lipinski definition) is 6. The highest BCUT2D eigenvalue weighted by Gasteiger charge is 2.51. The summed E-state index contributed by atoms with van der Waals surface area (Å²) in [5, 5.41) is 10.3. The van der Waals surface area contributed by atoms with Crippen molar-refractivity contribution in [1.29, 1.82) is 0 Å². The normalized spacial score (nSPS) is 43.5. The lowest BCUT2D eigenvalue weighted by Gasteiger charge is -2.49. The summed E-state index contributed by atoms with van der Waals surface area (Å²) >= 11 is 1.57. The highest BCUT2D eigenvalue weighted by atomic mass is 32.2. The van der Waals surface area contributed by atoms with Gasteiger partial charge < -0.3 is 24.1 Å². The Morgan fingerprint density at radius 3 is 2.78 bits per heavy atom. The molecule has 3 unspecified atom stereocenters. The van der Waals surface area contributed by atoms with Crippen molar-refractivity contribution >= 4 is 11.8 Å². The first kappa shape index (κ1) is 14.6. The van der Waals surface area contributed by atoms with Crippen LogP contribution in [0.25, 0.3) is 0 Å². The summed E-state index contributed by atoms with van der Waals surface area (Å²) in [7, 11) is 1.59. The summed E-state index contributed by atoms with van der Waals surface area (Å²) in [5.74, 6) is 0.217. The van der Waals surface area contributed by atoms with E-state index in [4.69, 9.17) is 18.9 Å². The van der Waals surface area contributed by atoms with E-state index in [1.165, 1.54) is 0 Å². The van der Waals surface area contributed by atoms with Crippen molar-refractivity contribution in [2.45, 2.75) is 56.4 Å². The van der Waals surface area contributed by atoms with E-state index in [0.29, 0.717) is 6.61 Å². The van der Waals surface area contributed by atoms with Crippen LogP contribution in [0.2, 0.25) is 0 Å². The van der Waals surface area contributed by atoms with Crippen LogP contribution in [0.4, 0.5) is 0 Å². The number of rotatable bonds is 3. The Kier molecular flexibility index (Phi) is 4.57. The quantitative estimate of drug-likeness (QED) is 0.831. The molecule has 2 aliphatic rings. The molecule has 0 aromatic carbocycles. The summed E-state index contributed by atoms with van der Waals surface area (Å²) in [5.41, 5.74) is -0.283. The molecular formula is C12H22O5S. The molecule has 106 valence electrons. The van der Waals surface area contributed by atoms with Gasteiger partial charge in [0.2, 0.25) is 0 Å². The van der Waals surface area contributed by atoms with Crippen LogP contribution in [0.3, 0.4) is 0 Å². The van der Waals surface area contributed by atoms with Gasteiger partial charge >= 0.3 is 0 Å². The maximum absolute atomic E-state index is 10.3. The van der Waals surface area contributed by atoms with Crippen molar-refractivity contribution in [3.63, 3.8) is 0 Å². The van der Waals surface area contributed by atoms with E-state index in [-0.39, 0.29) is 23.7 Å². The van der Waals surface area contributed by atoms with Crippen LogP contribution in [0.15, 0.2) is 0 Å². The number of aliphatic hydroxyl groups excluding tert-OH is 1. The average Bonchev–Trinajstić information content (AvgIpc) is 2.30. The van der Waals surface area contributed by atoms with Gasteiger partial charge in [0, 0.05) is 7.11 Å². The van der Waals surface area contributed by atoms with Crippen LogP contribution in [-0.4, -0.2) is 60.2 Å². The molecule has 0 amide bonds. The molecule has 0 saturated carbocycles. The largest absolute Gasteiger partial charge is 0.387 e. The lowest BCUT2D eigenvalue weighted by atomic mass is 9.98. The van der Waals surface area contributed by atoms with Gasteiger partial charge in [-0.05, 0) is 19.6 Å². The minimum atomic E-state index is -0.685. The average molecular weight is 278 g/mol. The monoisotopic (exact) mass is 278 g/mol. The summed E-state index contributed by atoms with van der Waals surface area (Å²) in [4.78, 5) is 0. The van der Waals surface area contributed by atoms with E-state index in [9.17, 15) is 5.11 Å². The molecular weight excluding hydrogens is 256 g/mol. The lowest BCUT2D eigenvalue weighted by molar-refractivity contribution is -0.352. The smallest absolute Gasteiger partial charge is 0.163 e. The number of fused-ring (bicyclic) bond motifs is 1. The van der Waals surface area contributed by atoms with Crippen molar-refractivity contribution in [3.05, 3.63) is 0 Å². The molecule has 18 heavy (non-hydrogen) atoms. The Morgan fingerprint density at radius 2 is 2.17 bits per heavy atom. The van der Waals surface area contributed by atoms with Crippen molar-refractivity contribution in [2.75, 3.05) is 19.5 Å². The zero-order valence-electron chi connectivity index (χ0n) is 11.3. The van der Waals surface area contributed by atoms with Crippen LogP contribution in [0.5, 0.6) is 0 Å². The first-order valence-electron chi connectivity index (χ1n) is 6.28. The molecule has 2 heterocycles. The molecule has 2 rings (SSSR count). The first-order chi connectivity index (χ1) is 8.48. The fraction of sp³-hybridized carbons (Fsp3) is 1.00. The molecule has 0 aromatic rings. The Bertz CT molecular complexity index is 286. The third kappa shape index (κ3) is 2.84. The van der Waals surface area contributed by atoms with Gasteiger partial charge in [-0.3, -0.25) is 0 Å². The molecule has 1 N–H and O–H groups in total. The van der Waals surface area contributed by atoms with E-state index >= 15 is 0 Å². The van der Waals surface area contributed by atoms with Crippen LogP contribution < -0.4 is 0 Å². The van der Waals surface area contributed by atoms with Gasteiger partial charge in [0.25, 0.3) is 0 Å². The van der Waals surface area contributed by atoms with E-state index in [1.54, 1.807) is 18.9 Å². The Labute approximate surface area is 112 Å². The summed E-state index contributed by atoms with van der Waals surface area (Å²) in [6.07, 6.45) is -1.54. The molecule has 5 nitrogen and oxygen atoms in total. The van der Waals surface area contributed by atoms with E-state index in [0.717, 1.165) is 5.75 Å². The predicted molar refractivity (Wildman–Crippen MR) is 68.5 cm³/mol. The minimum absolute atomic E-state index is 0.185. The van der Waals surface area contributed by atoms with Gasteiger partial charge in [0.1, 0.15) is 29.9 Å². The molecule has 0 aliphatic carbocycles. The molecule has 0 spiro atoms. The van der Waals surface area contributed by atoms with E-state index < -0.39 is 11.9 Å². The van der Waals surface area contributed by atoms with Crippen molar-refractivity contribution < 1.29 is 24.1 Å². The number of hydrogen-bond donors (Lipinski definition) is 1. The fourth-order valence-corrected chi connectivity index (χ4v) is 3.29. The maximum Gasteiger partial charge on any atom is 0.163 e. The molecule has 2 saturated heterocycles. The molecule has 0 radical (unpaired) electrons. The second kappa shape index (κ2) is 5.64. The zero-order valence-corrected chi connectivity index (χ0v) is 12.1. The maximum atomic E-state index is 10.3. The van der Waals surface area contributed by atoms with Crippen LogP contribution in [0, 0.1) is 0 Å². The Balaban J connectivity index is 2.12. The molecule has 2 aliphatic heterocycles. The van der Waals surface area contributed by atoms with Crippen molar-refractivity contribution in [3.8, 4) is 0 Å².